The van der Waals surface area contributed by atoms with Gasteiger partial charge in [-0.15, -0.1) is 0 Å². The molecule has 0 N–H and O–H groups in total. The number of carbonyl (C=O) groups excluding carboxylic acids is 1. The number of rotatable bonds is 1. The molecule has 0 aromatic carbocycles. The van der Waals surface area contributed by atoms with Crippen molar-refractivity contribution in [2.24, 2.45) is 5.41 Å². The van der Waals surface area contributed by atoms with Crippen molar-refractivity contribution < 1.29 is 9.53 Å². The van der Waals surface area contributed by atoms with Crippen LogP contribution in [0.4, 0.5) is 4.79 Å². The highest BCUT2D eigenvalue weighted by Crippen LogP contribution is 2.22. The van der Waals surface area contributed by atoms with Crippen molar-refractivity contribution in [1.82, 2.24) is 4.90 Å². The van der Waals surface area contributed by atoms with E-state index in [4.69, 9.17) is 4.74 Å². The van der Waals surface area contributed by atoms with E-state index in [1.165, 1.54) is 6.42 Å². The van der Waals surface area contributed by atoms with Gasteiger partial charge in [0.2, 0.25) is 0 Å². The van der Waals surface area contributed by atoms with Gasteiger partial charge in [-0.3, -0.25) is 0 Å². The molecule has 0 saturated carbocycles. The monoisotopic (exact) mass is 213 g/mol. The van der Waals surface area contributed by atoms with Gasteiger partial charge >= 0.3 is 6.09 Å². The van der Waals surface area contributed by atoms with Gasteiger partial charge in [-0.1, -0.05) is 20.8 Å². The minimum atomic E-state index is -0.142. The van der Waals surface area contributed by atoms with E-state index in [9.17, 15) is 4.79 Å². The molecule has 0 aliphatic carbocycles. The second-order valence-corrected chi connectivity index (χ2v) is 5.44. The van der Waals surface area contributed by atoms with Crippen molar-refractivity contribution in [3.8, 4) is 0 Å². The van der Waals surface area contributed by atoms with Crippen LogP contribution in [0.5, 0.6) is 0 Å². The first-order valence-corrected chi connectivity index (χ1v) is 5.87. The summed E-state index contributed by atoms with van der Waals surface area (Å²) in [6.45, 7) is 9.93. The number of hydrogen-bond acceptors (Lipinski definition) is 2. The van der Waals surface area contributed by atoms with E-state index in [0.29, 0.717) is 0 Å². The van der Waals surface area contributed by atoms with Crippen LogP contribution in [0.2, 0.25) is 0 Å². The predicted molar refractivity (Wildman–Crippen MR) is 60.8 cm³/mol. The van der Waals surface area contributed by atoms with Crippen molar-refractivity contribution in [2.75, 3.05) is 13.1 Å². The average Bonchev–Trinajstić information content (AvgIpc) is 2.17. The third-order valence-electron chi connectivity index (χ3n) is 3.11. The van der Waals surface area contributed by atoms with Crippen molar-refractivity contribution >= 4 is 6.09 Å². The van der Waals surface area contributed by atoms with Gasteiger partial charge in [-0.25, -0.2) is 4.79 Å². The summed E-state index contributed by atoms with van der Waals surface area (Å²) in [6.07, 6.45) is 3.28. The number of nitrogens with zero attached hydrogens (tertiary/aromatic N) is 1. The summed E-state index contributed by atoms with van der Waals surface area (Å²) in [5, 5.41) is 0. The van der Waals surface area contributed by atoms with Gasteiger partial charge in [0, 0.05) is 13.1 Å². The average molecular weight is 213 g/mol. The lowest BCUT2D eigenvalue weighted by Gasteiger charge is -2.31. The number of piperidine rings is 1. The summed E-state index contributed by atoms with van der Waals surface area (Å²) in [5.74, 6) is 0. The lowest BCUT2D eigenvalue weighted by Crippen LogP contribution is -2.40. The second kappa shape index (κ2) is 4.86. The molecule has 0 spiro atoms. The Balaban J connectivity index is 2.40. The quantitative estimate of drug-likeness (QED) is 0.670. The first-order chi connectivity index (χ1) is 6.91. The molecule has 1 amide bonds. The van der Waals surface area contributed by atoms with Gasteiger partial charge in [0.1, 0.15) is 6.10 Å². The molecule has 15 heavy (non-hydrogen) atoms. The zero-order chi connectivity index (χ0) is 11.5. The van der Waals surface area contributed by atoms with Gasteiger partial charge < -0.3 is 9.64 Å². The van der Waals surface area contributed by atoms with Crippen LogP contribution < -0.4 is 0 Å². The van der Waals surface area contributed by atoms with E-state index in [-0.39, 0.29) is 17.6 Å². The van der Waals surface area contributed by atoms with Gasteiger partial charge in [-0.05, 0) is 31.6 Å². The Bertz CT molecular complexity index is 214. The summed E-state index contributed by atoms with van der Waals surface area (Å²) in [4.78, 5) is 13.6. The molecule has 1 fully saturated rings. The highest BCUT2D eigenvalue weighted by Gasteiger charge is 2.26. The first-order valence-electron chi connectivity index (χ1n) is 5.87. The Hall–Kier alpha value is -0.730. The molecule has 88 valence electrons. The fourth-order valence-electron chi connectivity index (χ4n) is 1.48. The number of carbonyl (C=O) groups is 1. The fourth-order valence-corrected chi connectivity index (χ4v) is 1.48. The van der Waals surface area contributed by atoms with Crippen LogP contribution in [0.15, 0.2) is 0 Å². The van der Waals surface area contributed by atoms with Gasteiger partial charge in [-0.2, -0.15) is 0 Å². The molecule has 3 nitrogen and oxygen atoms in total. The molecular formula is C12H23NO2. The van der Waals surface area contributed by atoms with Crippen LogP contribution in [0.25, 0.3) is 0 Å². The van der Waals surface area contributed by atoms with E-state index in [1.54, 1.807) is 0 Å². The maximum atomic E-state index is 11.8. The molecule has 1 rings (SSSR count). The molecular weight excluding hydrogens is 190 g/mol. The van der Waals surface area contributed by atoms with Crippen molar-refractivity contribution in [1.29, 1.82) is 0 Å². The fraction of sp³-hybridized carbons (Fsp3) is 0.917. The Morgan fingerprint density at radius 1 is 1.20 bits per heavy atom. The van der Waals surface area contributed by atoms with E-state index < -0.39 is 0 Å². The van der Waals surface area contributed by atoms with E-state index >= 15 is 0 Å². The Kier molecular flexibility index (Phi) is 4.00. The van der Waals surface area contributed by atoms with Gasteiger partial charge in [0.25, 0.3) is 0 Å². The number of amides is 1. The molecule has 0 radical (unpaired) electrons. The third kappa shape index (κ3) is 3.73. The third-order valence-corrected chi connectivity index (χ3v) is 3.11. The zero-order valence-electron chi connectivity index (χ0n) is 10.4. The molecule has 1 aliphatic heterocycles. The zero-order valence-corrected chi connectivity index (χ0v) is 10.4. The topological polar surface area (TPSA) is 29.5 Å². The Labute approximate surface area is 92.8 Å². The van der Waals surface area contributed by atoms with E-state index in [0.717, 1.165) is 25.9 Å². The molecule has 1 atom stereocenters. The molecule has 0 unspecified atom stereocenters. The number of likely N-dealkylation sites (tertiary alicyclic amines) is 1. The van der Waals surface area contributed by atoms with Crippen molar-refractivity contribution in [3.63, 3.8) is 0 Å². The van der Waals surface area contributed by atoms with Crippen LogP contribution in [0.1, 0.15) is 47.0 Å². The minimum absolute atomic E-state index is 0.0193. The lowest BCUT2D eigenvalue weighted by molar-refractivity contribution is 0.0174. The molecule has 3 heteroatoms. The van der Waals surface area contributed by atoms with Crippen molar-refractivity contribution in [3.05, 3.63) is 0 Å². The maximum Gasteiger partial charge on any atom is 0.410 e. The molecule has 1 saturated heterocycles. The summed E-state index contributed by atoms with van der Waals surface area (Å²) in [5.41, 5.74) is 0.0193. The van der Waals surface area contributed by atoms with E-state index in [1.807, 2.05) is 11.8 Å². The van der Waals surface area contributed by atoms with Crippen LogP contribution in [0.3, 0.4) is 0 Å². The SMILES string of the molecule is C[C@@H](OC(=O)N1CCCCC1)C(C)(C)C. The molecule has 1 heterocycles. The largest absolute Gasteiger partial charge is 0.446 e. The predicted octanol–water partition coefficient (Wildman–Crippen LogP) is 3.04. The summed E-state index contributed by atoms with van der Waals surface area (Å²) in [6, 6.07) is 0. The molecule has 0 aromatic rings. The molecule has 0 aromatic heterocycles. The minimum Gasteiger partial charge on any atom is -0.446 e. The molecule has 1 aliphatic rings. The Morgan fingerprint density at radius 3 is 2.20 bits per heavy atom. The number of ether oxygens (including phenoxy) is 1. The van der Waals surface area contributed by atoms with Crippen LogP contribution in [-0.2, 0) is 4.74 Å². The smallest absolute Gasteiger partial charge is 0.410 e. The van der Waals surface area contributed by atoms with Crippen LogP contribution in [0, 0.1) is 5.41 Å². The number of hydrogen-bond donors (Lipinski definition) is 0. The highest BCUT2D eigenvalue weighted by atomic mass is 16.6. The van der Waals surface area contributed by atoms with Gasteiger partial charge in [0.05, 0.1) is 0 Å². The standard InChI is InChI=1S/C12H23NO2/c1-10(12(2,3)4)15-11(14)13-8-6-5-7-9-13/h10H,5-9H2,1-4H3/t10-/m1/s1. The second-order valence-electron chi connectivity index (χ2n) is 5.44. The highest BCUT2D eigenvalue weighted by molar-refractivity contribution is 5.67. The lowest BCUT2D eigenvalue weighted by atomic mass is 9.90. The summed E-state index contributed by atoms with van der Waals surface area (Å²) >= 11 is 0. The van der Waals surface area contributed by atoms with Crippen LogP contribution >= 0.6 is 0 Å². The normalized spacial score (nSPS) is 19.9. The summed E-state index contributed by atoms with van der Waals surface area (Å²) < 4.78 is 5.44. The van der Waals surface area contributed by atoms with Gasteiger partial charge in [0.15, 0.2) is 0 Å². The molecule has 0 bridgehead atoms. The summed E-state index contributed by atoms with van der Waals surface area (Å²) in [7, 11) is 0. The Morgan fingerprint density at radius 2 is 1.73 bits per heavy atom. The van der Waals surface area contributed by atoms with Crippen molar-refractivity contribution in [2.45, 2.75) is 53.1 Å². The maximum absolute atomic E-state index is 11.8. The van der Waals surface area contributed by atoms with E-state index in [2.05, 4.69) is 20.8 Å². The first kappa shape index (κ1) is 12.3. The van der Waals surface area contributed by atoms with Crippen LogP contribution in [-0.4, -0.2) is 30.2 Å².